The summed E-state index contributed by atoms with van der Waals surface area (Å²) in [7, 11) is 0. The first kappa shape index (κ1) is 24.0. The summed E-state index contributed by atoms with van der Waals surface area (Å²) in [6.45, 7) is 9.65. The summed E-state index contributed by atoms with van der Waals surface area (Å²) in [5.41, 5.74) is 6.01. The highest BCUT2D eigenvalue weighted by molar-refractivity contribution is 5.78. The number of benzene rings is 1. The first-order valence-corrected chi connectivity index (χ1v) is 12.2. The van der Waals surface area contributed by atoms with Gasteiger partial charge in [0.05, 0.1) is 25.0 Å². The number of likely N-dealkylation sites (tertiary alicyclic amines) is 1. The van der Waals surface area contributed by atoms with Crippen LogP contribution in [0.3, 0.4) is 0 Å². The lowest BCUT2D eigenvalue weighted by atomic mass is 10.0. The number of carbonyl (C=O) groups is 2. The van der Waals surface area contributed by atoms with Gasteiger partial charge in [0, 0.05) is 44.0 Å². The second kappa shape index (κ2) is 10.9. The van der Waals surface area contributed by atoms with Crippen LogP contribution in [0.15, 0.2) is 36.7 Å². The molecule has 4 rings (SSSR count). The zero-order chi connectivity index (χ0) is 24.1. The lowest BCUT2D eigenvalue weighted by Crippen LogP contribution is -2.49. The molecule has 182 valence electrons. The number of nitrogens with one attached hydrogen (secondary N) is 1. The highest BCUT2D eigenvalue weighted by Gasteiger charge is 2.25. The zero-order valence-electron chi connectivity index (χ0n) is 20.4. The maximum Gasteiger partial charge on any atom is 0.409 e. The first-order chi connectivity index (χ1) is 16.4. The normalized spacial score (nSPS) is 17.4. The lowest BCUT2D eigenvalue weighted by Gasteiger charge is -2.32. The minimum absolute atomic E-state index is 0.0500. The van der Waals surface area contributed by atoms with Crippen LogP contribution in [0.2, 0.25) is 0 Å². The molecule has 1 N–H and O–H groups in total. The van der Waals surface area contributed by atoms with E-state index in [4.69, 9.17) is 4.74 Å². The maximum absolute atomic E-state index is 12.6. The molecular weight excluding hydrogens is 430 g/mol. The van der Waals surface area contributed by atoms with E-state index in [0.717, 1.165) is 43.6 Å². The molecular formula is C26H35N5O3. The van der Waals surface area contributed by atoms with Gasteiger partial charge in [0.25, 0.3) is 0 Å². The number of rotatable bonds is 6. The number of carbonyl (C=O) groups excluding carboxylic acids is 2. The van der Waals surface area contributed by atoms with Crippen LogP contribution in [0.5, 0.6) is 0 Å². The summed E-state index contributed by atoms with van der Waals surface area (Å²) in [6, 6.07) is 6.49. The van der Waals surface area contributed by atoms with E-state index in [-0.39, 0.29) is 18.0 Å². The fraction of sp³-hybridized carbons (Fsp3) is 0.500. The van der Waals surface area contributed by atoms with Crippen molar-refractivity contribution in [3.05, 3.63) is 53.4 Å². The van der Waals surface area contributed by atoms with Gasteiger partial charge in [0.1, 0.15) is 0 Å². The van der Waals surface area contributed by atoms with Crippen LogP contribution in [-0.4, -0.2) is 77.0 Å². The number of aryl methyl sites for hydroxylation is 2. The monoisotopic (exact) mass is 465 g/mol. The van der Waals surface area contributed by atoms with E-state index in [0.29, 0.717) is 26.2 Å². The highest BCUT2D eigenvalue weighted by atomic mass is 16.6. The van der Waals surface area contributed by atoms with Gasteiger partial charge in [-0.15, -0.1) is 0 Å². The highest BCUT2D eigenvalue weighted by Crippen LogP contribution is 2.23. The van der Waals surface area contributed by atoms with E-state index in [9.17, 15) is 9.59 Å². The van der Waals surface area contributed by atoms with E-state index < -0.39 is 0 Å². The molecule has 0 radical (unpaired) electrons. The third-order valence-electron chi connectivity index (χ3n) is 6.75. The van der Waals surface area contributed by atoms with Gasteiger partial charge in [-0.25, -0.2) is 9.48 Å². The summed E-state index contributed by atoms with van der Waals surface area (Å²) in [6.07, 6.45) is 8.37. The van der Waals surface area contributed by atoms with Gasteiger partial charge >= 0.3 is 6.09 Å². The number of hydrogen-bond acceptors (Lipinski definition) is 5. The molecule has 0 aliphatic carbocycles. The Morgan fingerprint density at radius 2 is 1.94 bits per heavy atom. The van der Waals surface area contributed by atoms with Crippen molar-refractivity contribution in [2.45, 2.75) is 46.1 Å². The molecule has 0 spiro atoms. The fourth-order valence-corrected chi connectivity index (χ4v) is 4.51. The Morgan fingerprint density at radius 3 is 2.62 bits per heavy atom. The zero-order valence-corrected chi connectivity index (χ0v) is 20.4. The largest absolute Gasteiger partial charge is 0.450 e. The summed E-state index contributed by atoms with van der Waals surface area (Å²) < 4.78 is 6.98. The Labute approximate surface area is 201 Å². The second-order valence-electron chi connectivity index (χ2n) is 9.18. The smallest absolute Gasteiger partial charge is 0.409 e. The maximum atomic E-state index is 12.6. The fourth-order valence-electron chi connectivity index (χ4n) is 4.51. The Morgan fingerprint density at radius 1 is 1.15 bits per heavy atom. The van der Waals surface area contributed by atoms with Gasteiger partial charge in [-0.05, 0) is 68.9 Å². The molecule has 0 unspecified atom stereocenters. The molecule has 2 aliphatic rings. The Balaban J connectivity index is 1.24. The second-order valence-corrected chi connectivity index (χ2v) is 9.18. The quantitative estimate of drug-likeness (QED) is 0.708. The SMILES string of the molecule is CCOC(=O)N1CCC(NC(=O)CN2CC=C(c3cnn(-c4ccc(C)c(C)c4)c3)CC2)CC1. The molecule has 0 bridgehead atoms. The van der Waals surface area contributed by atoms with Crippen molar-refractivity contribution in [1.82, 2.24) is 24.9 Å². The molecule has 1 aromatic carbocycles. The van der Waals surface area contributed by atoms with Crippen molar-refractivity contribution in [3.63, 3.8) is 0 Å². The topological polar surface area (TPSA) is 79.7 Å². The van der Waals surface area contributed by atoms with Crippen molar-refractivity contribution in [3.8, 4) is 5.69 Å². The van der Waals surface area contributed by atoms with Gasteiger partial charge < -0.3 is 15.0 Å². The molecule has 0 saturated carbocycles. The Kier molecular flexibility index (Phi) is 7.67. The minimum Gasteiger partial charge on any atom is -0.450 e. The first-order valence-electron chi connectivity index (χ1n) is 12.2. The van der Waals surface area contributed by atoms with E-state index in [1.165, 1.54) is 16.7 Å². The molecule has 3 heterocycles. The summed E-state index contributed by atoms with van der Waals surface area (Å²) in [5.74, 6) is 0.0500. The number of aromatic nitrogens is 2. The Bertz CT molecular complexity index is 1050. The van der Waals surface area contributed by atoms with Crippen LogP contribution in [0.1, 0.15) is 42.9 Å². The summed E-state index contributed by atoms with van der Waals surface area (Å²) >= 11 is 0. The average Bonchev–Trinajstić information content (AvgIpc) is 3.32. The molecule has 1 saturated heterocycles. The molecule has 0 atom stereocenters. The number of piperidine rings is 1. The number of hydrogen-bond donors (Lipinski definition) is 1. The number of ether oxygens (including phenoxy) is 1. The van der Waals surface area contributed by atoms with Crippen molar-refractivity contribution in [1.29, 1.82) is 0 Å². The third kappa shape index (κ3) is 5.86. The van der Waals surface area contributed by atoms with Gasteiger partial charge in [-0.3, -0.25) is 9.69 Å². The minimum atomic E-state index is -0.261. The molecule has 1 aromatic heterocycles. The molecule has 8 nitrogen and oxygen atoms in total. The van der Waals surface area contributed by atoms with Gasteiger partial charge in [-0.1, -0.05) is 12.1 Å². The molecule has 1 fully saturated rings. The van der Waals surface area contributed by atoms with Crippen LogP contribution in [0.4, 0.5) is 4.79 Å². The van der Waals surface area contributed by atoms with E-state index >= 15 is 0 Å². The predicted molar refractivity (Wildman–Crippen MR) is 132 cm³/mol. The van der Waals surface area contributed by atoms with Crippen LogP contribution >= 0.6 is 0 Å². The van der Waals surface area contributed by atoms with E-state index in [1.807, 2.05) is 17.8 Å². The van der Waals surface area contributed by atoms with Gasteiger partial charge in [0.2, 0.25) is 5.91 Å². The number of amides is 2. The molecule has 8 heteroatoms. The lowest BCUT2D eigenvalue weighted by molar-refractivity contribution is -0.123. The van der Waals surface area contributed by atoms with Crippen molar-refractivity contribution < 1.29 is 14.3 Å². The van der Waals surface area contributed by atoms with Crippen LogP contribution in [0.25, 0.3) is 11.3 Å². The molecule has 2 amide bonds. The number of nitrogens with zero attached hydrogens (tertiary/aromatic N) is 4. The van der Waals surface area contributed by atoms with Crippen LogP contribution < -0.4 is 5.32 Å². The molecule has 2 aromatic rings. The summed E-state index contributed by atoms with van der Waals surface area (Å²) in [4.78, 5) is 28.3. The van der Waals surface area contributed by atoms with Gasteiger partial charge in [0.15, 0.2) is 0 Å². The van der Waals surface area contributed by atoms with Crippen molar-refractivity contribution in [2.75, 3.05) is 39.3 Å². The summed E-state index contributed by atoms with van der Waals surface area (Å²) in [5, 5.41) is 7.69. The van der Waals surface area contributed by atoms with E-state index in [1.54, 1.807) is 4.90 Å². The van der Waals surface area contributed by atoms with Crippen molar-refractivity contribution in [2.24, 2.45) is 0 Å². The third-order valence-corrected chi connectivity index (χ3v) is 6.75. The van der Waals surface area contributed by atoms with E-state index in [2.05, 4.69) is 59.6 Å². The Hall–Kier alpha value is -3.13. The van der Waals surface area contributed by atoms with Crippen LogP contribution in [0, 0.1) is 13.8 Å². The van der Waals surface area contributed by atoms with Gasteiger partial charge in [-0.2, -0.15) is 5.10 Å². The molecule has 34 heavy (non-hydrogen) atoms. The molecule has 2 aliphatic heterocycles. The average molecular weight is 466 g/mol. The van der Waals surface area contributed by atoms with Crippen molar-refractivity contribution >= 4 is 17.6 Å². The standard InChI is InChI=1S/C26H35N5O3/c1-4-34-26(33)30-13-9-23(10-14-30)28-25(32)18-29-11-7-21(8-12-29)22-16-27-31(17-22)24-6-5-19(2)20(3)15-24/h5-7,15-17,23H,4,8-14,18H2,1-3H3,(H,28,32). The predicted octanol–water partition coefficient (Wildman–Crippen LogP) is 3.32. The van der Waals surface area contributed by atoms with Crippen LogP contribution in [-0.2, 0) is 9.53 Å².